The summed E-state index contributed by atoms with van der Waals surface area (Å²) in [6, 6.07) is 0. The van der Waals surface area contributed by atoms with Crippen molar-refractivity contribution in [2.24, 2.45) is 11.3 Å². The molecule has 7 heteroatoms. The van der Waals surface area contributed by atoms with Gasteiger partial charge in [-0.3, -0.25) is 9.59 Å². The fraction of sp³-hybridized carbons (Fsp3) is 0.846. The monoisotopic (exact) mass is 303 g/mol. The van der Waals surface area contributed by atoms with Crippen molar-refractivity contribution in [1.29, 1.82) is 0 Å². The van der Waals surface area contributed by atoms with E-state index < -0.39 is 20.6 Å². The first-order valence-corrected chi connectivity index (χ1v) is 8.62. The van der Waals surface area contributed by atoms with Crippen LogP contribution in [0.25, 0.3) is 0 Å². The molecule has 1 heterocycles. The van der Waals surface area contributed by atoms with Crippen molar-refractivity contribution in [3.63, 3.8) is 0 Å². The highest BCUT2D eigenvalue weighted by molar-refractivity contribution is 7.92. The third-order valence-corrected chi connectivity index (χ3v) is 7.00. The second-order valence-electron chi connectivity index (χ2n) is 6.53. The summed E-state index contributed by atoms with van der Waals surface area (Å²) in [5, 5.41) is 9.02. The maximum atomic E-state index is 12.3. The van der Waals surface area contributed by atoms with Crippen molar-refractivity contribution >= 4 is 21.7 Å². The van der Waals surface area contributed by atoms with Crippen molar-refractivity contribution in [3.8, 4) is 0 Å². The molecule has 1 saturated carbocycles. The van der Waals surface area contributed by atoms with E-state index >= 15 is 0 Å². The zero-order valence-electron chi connectivity index (χ0n) is 12.0. The van der Waals surface area contributed by atoms with Crippen LogP contribution in [0.3, 0.4) is 0 Å². The van der Waals surface area contributed by atoms with Gasteiger partial charge in [0.2, 0.25) is 5.91 Å². The number of hydrogen-bond acceptors (Lipinski definition) is 4. The van der Waals surface area contributed by atoms with Gasteiger partial charge >= 0.3 is 5.97 Å². The second-order valence-corrected chi connectivity index (χ2v) is 9.10. The second kappa shape index (κ2) is 4.44. The van der Waals surface area contributed by atoms with Crippen molar-refractivity contribution in [2.45, 2.75) is 37.9 Å². The van der Waals surface area contributed by atoms with Gasteiger partial charge < -0.3 is 10.0 Å². The van der Waals surface area contributed by atoms with Crippen LogP contribution in [-0.4, -0.2) is 54.4 Å². The Morgan fingerprint density at radius 3 is 2.10 bits per heavy atom. The molecule has 1 aliphatic heterocycles. The van der Waals surface area contributed by atoms with Crippen LogP contribution in [0.4, 0.5) is 0 Å². The number of carbonyl (C=O) groups is 2. The van der Waals surface area contributed by atoms with Gasteiger partial charge in [-0.25, -0.2) is 8.42 Å². The molecule has 1 amide bonds. The fourth-order valence-electron chi connectivity index (χ4n) is 2.94. The predicted octanol–water partition coefficient (Wildman–Crippen LogP) is 0.523. The minimum Gasteiger partial charge on any atom is -0.481 e. The summed E-state index contributed by atoms with van der Waals surface area (Å²) in [6.45, 7) is 3.74. The Morgan fingerprint density at radius 1 is 1.25 bits per heavy atom. The summed E-state index contributed by atoms with van der Waals surface area (Å²) in [5.41, 5.74) is -0.155. The molecule has 0 aromatic carbocycles. The first-order valence-electron chi connectivity index (χ1n) is 6.73. The third kappa shape index (κ3) is 2.32. The van der Waals surface area contributed by atoms with Gasteiger partial charge in [-0.1, -0.05) is 0 Å². The summed E-state index contributed by atoms with van der Waals surface area (Å²) in [5.74, 6) is -1.44. The maximum absolute atomic E-state index is 12.3. The third-order valence-electron chi connectivity index (χ3n) is 4.98. The smallest absolute Gasteiger partial charge is 0.307 e. The average molecular weight is 303 g/mol. The van der Waals surface area contributed by atoms with Crippen molar-refractivity contribution in [2.75, 3.05) is 19.3 Å². The van der Waals surface area contributed by atoms with Crippen molar-refractivity contribution < 1.29 is 23.1 Å². The molecule has 1 aliphatic carbocycles. The first-order chi connectivity index (χ1) is 9.01. The molecule has 114 valence electrons. The Hall–Kier alpha value is -1.11. The number of piperidine rings is 1. The highest BCUT2D eigenvalue weighted by Crippen LogP contribution is 2.59. The largest absolute Gasteiger partial charge is 0.481 e. The molecule has 1 saturated heterocycles. The normalized spacial score (nSPS) is 25.6. The van der Waals surface area contributed by atoms with Gasteiger partial charge in [-0.05, 0) is 38.5 Å². The number of aliphatic carboxylic acids is 1. The van der Waals surface area contributed by atoms with Crippen LogP contribution in [0.15, 0.2) is 0 Å². The summed E-state index contributed by atoms with van der Waals surface area (Å²) < 4.78 is 22.0. The molecule has 6 nitrogen and oxygen atoms in total. The van der Waals surface area contributed by atoms with Crippen molar-refractivity contribution in [1.82, 2.24) is 4.90 Å². The average Bonchev–Trinajstić information content (AvgIpc) is 3.02. The molecule has 0 radical (unpaired) electrons. The van der Waals surface area contributed by atoms with E-state index in [1.165, 1.54) is 13.8 Å². The van der Waals surface area contributed by atoms with Crippen LogP contribution in [0.5, 0.6) is 0 Å². The Kier molecular flexibility index (Phi) is 3.40. The lowest BCUT2D eigenvalue weighted by Crippen LogP contribution is -2.52. The minimum atomic E-state index is -3.47. The van der Waals surface area contributed by atoms with Gasteiger partial charge in [-0.15, -0.1) is 0 Å². The van der Waals surface area contributed by atoms with E-state index in [2.05, 4.69) is 0 Å². The van der Waals surface area contributed by atoms with Gasteiger partial charge in [0.1, 0.15) is 4.75 Å². The Morgan fingerprint density at radius 2 is 1.75 bits per heavy atom. The summed E-state index contributed by atoms with van der Waals surface area (Å²) in [6.07, 6.45) is 3.04. The molecular formula is C13H21NO5S. The molecule has 1 spiro atoms. The molecule has 2 aliphatic rings. The zero-order chi connectivity index (χ0) is 15.3. The Balaban J connectivity index is 2.02. The number of carboxylic acids is 1. The first kappa shape index (κ1) is 15.3. The maximum Gasteiger partial charge on any atom is 0.307 e. The number of carbonyl (C=O) groups excluding carboxylic acids is 1. The van der Waals surface area contributed by atoms with E-state index in [0.29, 0.717) is 32.4 Å². The van der Waals surface area contributed by atoms with E-state index in [-0.39, 0.29) is 17.2 Å². The van der Waals surface area contributed by atoms with Crippen LogP contribution in [0.1, 0.15) is 33.1 Å². The molecule has 0 bridgehead atoms. The molecule has 0 aromatic heterocycles. The van der Waals surface area contributed by atoms with Gasteiger partial charge in [-0.2, -0.15) is 0 Å². The highest BCUT2D eigenvalue weighted by Gasteiger charge is 2.59. The number of sulfone groups is 1. The molecular weight excluding hydrogens is 282 g/mol. The molecule has 2 fully saturated rings. The van der Waals surface area contributed by atoms with Crippen LogP contribution < -0.4 is 0 Å². The van der Waals surface area contributed by atoms with Crippen LogP contribution in [0, 0.1) is 11.3 Å². The van der Waals surface area contributed by atoms with Crippen LogP contribution in [0.2, 0.25) is 0 Å². The quantitative estimate of drug-likeness (QED) is 0.821. The van der Waals surface area contributed by atoms with E-state index in [0.717, 1.165) is 6.26 Å². The molecule has 1 unspecified atom stereocenters. The SMILES string of the molecule is CC(C)(C(=O)N1CCC2(CC1)CC2C(=O)O)S(C)(=O)=O. The number of likely N-dealkylation sites (tertiary alicyclic amines) is 1. The predicted molar refractivity (Wildman–Crippen MR) is 72.9 cm³/mol. The Labute approximate surface area is 119 Å². The molecule has 1 N–H and O–H groups in total. The number of nitrogens with zero attached hydrogens (tertiary/aromatic N) is 1. The molecule has 1 atom stereocenters. The van der Waals surface area contributed by atoms with Gasteiger partial charge in [0.25, 0.3) is 0 Å². The molecule has 0 aromatic rings. The lowest BCUT2D eigenvalue weighted by molar-refractivity contribution is -0.140. The number of rotatable bonds is 3. The van der Waals surface area contributed by atoms with Gasteiger partial charge in [0.05, 0.1) is 5.92 Å². The van der Waals surface area contributed by atoms with Crippen LogP contribution >= 0.6 is 0 Å². The topological polar surface area (TPSA) is 91.8 Å². The number of carboxylic acid groups (broad SMARTS) is 1. The van der Waals surface area contributed by atoms with E-state index in [1.807, 2.05) is 0 Å². The van der Waals surface area contributed by atoms with E-state index in [1.54, 1.807) is 4.90 Å². The highest BCUT2D eigenvalue weighted by atomic mass is 32.2. The lowest BCUT2D eigenvalue weighted by atomic mass is 9.90. The molecule has 20 heavy (non-hydrogen) atoms. The summed E-state index contributed by atoms with van der Waals surface area (Å²) in [4.78, 5) is 24.9. The van der Waals surface area contributed by atoms with Crippen LogP contribution in [-0.2, 0) is 19.4 Å². The number of hydrogen-bond donors (Lipinski definition) is 1. The fourth-order valence-corrected chi connectivity index (χ4v) is 3.39. The van der Waals surface area contributed by atoms with E-state index in [4.69, 9.17) is 5.11 Å². The molecule has 2 rings (SSSR count). The van der Waals surface area contributed by atoms with Gasteiger partial charge in [0, 0.05) is 19.3 Å². The zero-order valence-corrected chi connectivity index (χ0v) is 12.9. The minimum absolute atomic E-state index is 0.155. The standard InChI is InChI=1S/C13H21NO5S/c1-12(2,20(3,18)19)11(17)14-6-4-13(5-7-14)8-9(13)10(15)16/h9H,4-8H2,1-3H3,(H,15,16). The summed E-state index contributed by atoms with van der Waals surface area (Å²) >= 11 is 0. The van der Waals surface area contributed by atoms with Crippen molar-refractivity contribution in [3.05, 3.63) is 0 Å². The number of amides is 1. The van der Waals surface area contributed by atoms with E-state index in [9.17, 15) is 18.0 Å². The van der Waals surface area contributed by atoms with Gasteiger partial charge in [0.15, 0.2) is 9.84 Å². The lowest BCUT2D eigenvalue weighted by Gasteiger charge is -2.36. The summed E-state index contributed by atoms with van der Waals surface area (Å²) in [7, 11) is -3.47. The Bertz CT molecular complexity index is 543.